The summed E-state index contributed by atoms with van der Waals surface area (Å²) in [7, 11) is -0.203. The summed E-state index contributed by atoms with van der Waals surface area (Å²) in [5.74, 6) is -0.783. The molecule has 14 nitrogen and oxygen atoms in total. The molecule has 0 aliphatic heterocycles. The maximum atomic E-state index is 13.6. The Morgan fingerprint density at radius 1 is 0.610 bits per heavy atom. The van der Waals surface area contributed by atoms with Crippen molar-refractivity contribution in [2.45, 2.75) is 151 Å². The molecule has 4 bridgehead atoms. The lowest BCUT2D eigenvalue weighted by molar-refractivity contribution is -0.114. The van der Waals surface area contributed by atoms with Crippen LogP contribution in [0.15, 0.2) is 48.5 Å². The van der Waals surface area contributed by atoms with E-state index in [-0.39, 0.29) is 53.5 Å². The number of rotatable bonds is 22. The Balaban J connectivity index is 1.05. The molecule has 6 saturated carbocycles. The number of nitrogens with two attached hydrogens (primary N) is 2. The van der Waals surface area contributed by atoms with E-state index < -0.39 is 12.5 Å². The molecular weight excluding hydrogens is 747 g/mol. The Hall–Kier alpha value is -4.18. The molecule has 6 aliphatic rings. The highest BCUT2D eigenvalue weighted by Crippen LogP contribution is 2.56. The van der Waals surface area contributed by atoms with Crippen molar-refractivity contribution in [2.24, 2.45) is 11.5 Å². The van der Waals surface area contributed by atoms with Crippen molar-refractivity contribution in [3.05, 3.63) is 70.8 Å². The first-order valence-electron chi connectivity index (χ1n) is 21.9. The van der Waals surface area contributed by atoms with Crippen LogP contribution in [0.2, 0.25) is 0 Å². The van der Waals surface area contributed by atoms with Gasteiger partial charge < -0.3 is 51.5 Å². The van der Waals surface area contributed by atoms with Crippen molar-refractivity contribution in [3.8, 4) is 0 Å². The van der Waals surface area contributed by atoms with Crippen molar-refractivity contribution in [1.29, 1.82) is 10.8 Å². The molecule has 59 heavy (non-hydrogen) atoms. The zero-order valence-corrected chi connectivity index (χ0v) is 35.2. The van der Waals surface area contributed by atoms with Gasteiger partial charge in [-0.25, -0.2) is 0 Å². The smallest absolute Gasteiger partial charge is 0.393 e. The SMILES string of the molecule is CCOC12CCC(c3ccc(C(=O)NC(CCCNC(=N)N)OBOC(CCCNC(=N)N)NC(=O)c4ccc(C56CCC(OCC)(CC5)CC6)cc4)cc3)(CC1)CC2. The lowest BCUT2D eigenvalue weighted by Crippen LogP contribution is -2.49. The van der Waals surface area contributed by atoms with Crippen LogP contribution in [-0.4, -0.2) is 81.4 Å². The van der Waals surface area contributed by atoms with Gasteiger partial charge in [0.15, 0.2) is 11.9 Å². The summed E-state index contributed by atoms with van der Waals surface area (Å²) >= 11 is 0. The fraction of sp³-hybridized carbons (Fsp3) is 0.636. The van der Waals surface area contributed by atoms with Crippen molar-refractivity contribution < 1.29 is 28.4 Å². The van der Waals surface area contributed by atoms with E-state index in [2.05, 4.69) is 59.4 Å². The third kappa shape index (κ3) is 11.2. The first-order chi connectivity index (χ1) is 28.4. The standard InChI is InChI=1S/C44H67BN8O6/c1-3-56-43-23-17-41(18-24-43,19-25-43)33-13-9-31(10-14-33)37(54)52-35(7-5-29-50-39(46)47)58-45-59-36(8-6-30-51-40(48)49)53-38(55)32-11-15-34(16-12-32)42-20-26-44(27-21-42,28-22-42)57-4-2/h9-16,35-36,45H,3-8,17-30H2,1-2H3,(H,52,54)(H,53,55)(H4,46,47,50)(H4,48,49,51). The number of ether oxygens (including phenoxy) is 2. The van der Waals surface area contributed by atoms with E-state index in [1.54, 1.807) is 0 Å². The van der Waals surface area contributed by atoms with Gasteiger partial charge in [0, 0.05) is 37.4 Å². The van der Waals surface area contributed by atoms with Gasteiger partial charge in [0.05, 0.1) is 11.2 Å². The zero-order chi connectivity index (χ0) is 41.9. The Labute approximate surface area is 350 Å². The highest BCUT2D eigenvalue weighted by atomic mass is 16.6. The molecule has 2 aromatic rings. The summed E-state index contributed by atoms with van der Waals surface area (Å²) in [6.07, 6.45) is 13.6. The van der Waals surface area contributed by atoms with E-state index in [1.807, 2.05) is 24.3 Å². The summed E-state index contributed by atoms with van der Waals surface area (Å²) in [4.78, 5) is 27.2. The van der Waals surface area contributed by atoms with Gasteiger partial charge in [-0.3, -0.25) is 20.4 Å². The van der Waals surface area contributed by atoms with Gasteiger partial charge in [-0.1, -0.05) is 24.3 Å². The molecule has 0 radical (unpaired) electrons. The van der Waals surface area contributed by atoms with E-state index in [0.717, 1.165) is 90.3 Å². The van der Waals surface area contributed by atoms with Crippen molar-refractivity contribution in [2.75, 3.05) is 26.3 Å². The van der Waals surface area contributed by atoms with Gasteiger partial charge in [-0.05, 0) is 163 Å². The van der Waals surface area contributed by atoms with Crippen LogP contribution < -0.4 is 32.7 Å². The van der Waals surface area contributed by atoms with Crippen LogP contribution in [0.1, 0.15) is 148 Å². The van der Waals surface area contributed by atoms with Crippen molar-refractivity contribution in [1.82, 2.24) is 21.3 Å². The van der Waals surface area contributed by atoms with E-state index in [1.165, 1.54) is 11.1 Å². The molecule has 322 valence electrons. The van der Waals surface area contributed by atoms with Crippen LogP contribution in [0.5, 0.6) is 0 Å². The van der Waals surface area contributed by atoms with Gasteiger partial charge >= 0.3 is 7.69 Å². The molecule has 15 heteroatoms. The molecular formula is C44H67BN8O6. The molecule has 10 N–H and O–H groups in total. The van der Waals surface area contributed by atoms with Crippen LogP contribution in [-0.2, 0) is 29.6 Å². The summed E-state index contributed by atoms with van der Waals surface area (Å²) < 4.78 is 24.6. The molecule has 2 atom stereocenters. The van der Waals surface area contributed by atoms with Gasteiger partial charge in [-0.2, -0.15) is 0 Å². The quantitative estimate of drug-likeness (QED) is 0.0259. The maximum absolute atomic E-state index is 13.6. The molecule has 6 fully saturated rings. The van der Waals surface area contributed by atoms with E-state index in [0.29, 0.717) is 49.9 Å². The summed E-state index contributed by atoms with van der Waals surface area (Å²) in [5.41, 5.74) is 15.0. The minimum absolute atomic E-state index is 0.0442. The topological polar surface area (TPSA) is 219 Å². The Morgan fingerprint density at radius 3 is 1.25 bits per heavy atom. The maximum Gasteiger partial charge on any atom is 0.441 e. The zero-order valence-electron chi connectivity index (χ0n) is 35.2. The van der Waals surface area contributed by atoms with Gasteiger partial charge in [0.25, 0.3) is 11.8 Å². The highest BCUT2D eigenvalue weighted by Gasteiger charge is 2.51. The fourth-order valence-electron chi connectivity index (χ4n) is 10.2. The first-order valence-corrected chi connectivity index (χ1v) is 21.9. The first kappa shape index (κ1) is 44.4. The van der Waals surface area contributed by atoms with Crippen LogP contribution in [0.4, 0.5) is 0 Å². The lowest BCUT2D eigenvalue weighted by Gasteiger charge is -2.53. The van der Waals surface area contributed by atoms with Crippen molar-refractivity contribution in [3.63, 3.8) is 0 Å². The molecule has 2 aromatic carbocycles. The van der Waals surface area contributed by atoms with Crippen LogP contribution >= 0.6 is 0 Å². The Morgan fingerprint density at radius 2 is 0.949 bits per heavy atom. The van der Waals surface area contributed by atoms with Gasteiger partial charge in [0.2, 0.25) is 0 Å². The minimum Gasteiger partial charge on any atom is -0.393 e. The van der Waals surface area contributed by atoms with E-state index in [4.69, 9.17) is 41.1 Å². The molecule has 0 spiro atoms. The largest absolute Gasteiger partial charge is 0.441 e. The second kappa shape index (κ2) is 19.9. The number of hydrogen-bond donors (Lipinski definition) is 8. The van der Waals surface area contributed by atoms with Gasteiger partial charge in [0.1, 0.15) is 12.5 Å². The fourth-order valence-corrected chi connectivity index (χ4v) is 10.2. The van der Waals surface area contributed by atoms with Crippen molar-refractivity contribution >= 4 is 31.4 Å². The predicted octanol–water partition coefficient (Wildman–Crippen LogP) is 5.09. The highest BCUT2D eigenvalue weighted by molar-refractivity contribution is 6.18. The van der Waals surface area contributed by atoms with Crippen LogP contribution in [0.25, 0.3) is 0 Å². The average molecular weight is 815 g/mol. The molecule has 0 aromatic heterocycles. The molecule has 0 saturated heterocycles. The summed E-state index contributed by atoms with van der Waals surface area (Å²) in [6, 6.07) is 16.0. The number of fused-ring (bicyclic) bond motifs is 6. The Bertz CT molecular complexity index is 1570. The molecule has 0 heterocycles. The summed E-state index contributed by atoms with van der Waals surface area (Å²) in [6.45, 7) is 6.53. The molecule has 2 unspecified atom stereocenters. The molecule has 6 aliphatic carbocycles. The van der Waals surface area contributed by atoms with Crippen LogP contribution in [0, 0.1) is 10.8 Å². The number of guanidine groups is 2. The number of nitrogens with one attached hydrogen (secondary N) is 6. The minimum atomic E-state index is -0.709. The second-order valence-corrected chi connectivity index (χ2v) is 17.3. The normalized spacial score (nSPS) is 26.7. The molecule has 2 amide bonds. The average Bonchev–Trinajstić information content (AvgIpc) is 3.25. The predicted molar refractivity (Wildman–Crippen MR) is 230 cm³/mol. The third-order valence-corrected chi connectivity index (χ3v) is 13.8. The van der Waals surface area contributed by atoms with Gasteiger partial charge in [-0.15, -0.1) is 0 Å². The summed E-state index contributed by atoms with van der Waals surface area (Å²) in [5, 5.41) is 26.6. The number of benzene rings is 2. The lowest BCUT2D eigenvalue weighted by atomic mass is 9.56. The number of carbonyl (C=O) groups is 2. The monoisotopic (exact) mass is 815 g/mol. The number of amides is 2. The second-order valence-electron chi connectivity index (χ2n) is 17.3. The number of carbonyl (C=O) groups excluding carboxylic acids is 2. The van der Waals surface area contributed by atoms with E-state index >= 15 is 0 Å². The number of hydrogen-bond acceptors (Lipinski definition) is 8. The third-order valence-electron chi connectivity index (χ3n) is 13.8. The van der Waals surface area contributed by atoms with E-state index in [9.17, 15) is 9.59 Å². The molecule has 8 rings (SSSR count). The van der Waals surface area contributed by atoms with Crippen LogP contribution in [0.3, 0.4) is 0 Å². The Kier molecular flexibility index (Phi) is 15.0.